The number of benzene rings is 4. The minimum absolute atomic E-state index is 0.567. The molecule has 0 spiro atoms. The fourth-order valence-electron chi connectivity index (χ4n) is 7.52. The van der Waals surface area contributed by atoms with Crippen molar-refractivity contribution in [1.82, 2.24) is 19.9 Å². The van der Waals surface area contributed by atoms with E-state index in [9.17, 15) is 4.79 Å². The molecule has 0 aliphatic carbocycles. The van der Waals surface area contributed by atoms with Gasteiger partial charge in [-0.2, -0.15) is 4.99 Å². The van der Waals surface area contributed by atoms with Crippen molar-refractivity contribution in [2.45, 2.75) is 27.7 Å². The van der Waals surface area contributed by atoms with Crippen molar-refractivity contribution < 1.29 is 4.79 Å². The number of aliphatic imine (C=N–C) groups is 1. The molecule has 7 aromatic rings. The molecule has 6 heteroatoms. The van der Waals surface area contributed by atoms with Gasteiger partial charge in [-0.3, -0.25) is 0 Å². The Kier molecular flexibility index (Phi) is 8.38. The lowest BCUT2D eigenvalue weighted by atomic mass is 10.0. The summed E-state index contributed by atoms with van der Waals surface area (Å²) >= 11 is 0. The Morgan fingerprint density at radius 3 is 1.11 bits per heavy atom. The van der Waals surface area contributed by atoms with E-state index in [-0.39, 0.29) is 0 Å². The number of aromatic nitrogens is 4. The second-order valence-corrected chi connectivity index (χ2v) is 14.3. The molecule has 5 heterocycles. The molecule has 55 heavy (non-hydrogen) atoms. The van der Waals surface area contributed by atoms with Crippen molar-refractivity contribution in [2.75, 3.05) is 0 Å². The van der Waals surface area contributed by atoms with Crippen molar-refractivity contribution >= 4 is 58.1 Å². The first-order chi connectivity index (χ1) is 26.8. The minimum Gasteiger partial charge on any atom is -0.354 e. The van der Waals surface area contributed by atoms with Gasteiger partial charge in [-0.15, -0.1) is 0 Å². The van der Waals surface area contributed by atoms with Gasteiger partial charge < -0.3 is 9.97 Å². The highest BCUT2D eigenvalue weighted by atomic mass is 16.1. The standard InChI is InChI=1S/C49H37N5O/c1-29-5-12-33(13-6-29)46-37-19-21-39(51-37)47(34-14-7-30(2)8-15-34)41-23-25-43(53-41)49(36-18-11-32(4)45(27-36)50-28-55)44-26-24-42(54-44)48(40-22-20-38(46)52-40)35-16-9-31(3)10-17-35/h5-27,51,54H,1-4H3. The van der Waals surface area contributed by atoms with Crippen LogP contribution in [0.1, 0.15) is 45.0 Å². The molecular weight excluding hydrogens is 675 g/mol. The Balaban J connectivity index is 1.47. The third-order valence-corrected chi connectivity index (χ3v) is 10.4. The van der Waals surface area contributed by atoms with Crippen LogP contribution in [0.4, 0.5) is 5.69 Å². The summed E-state index contributed by atoms with van der Waals surface area (Å²) in [6, 6.07) is 40.3. The van der Waals surface area contributed by atoms with Crippen molar-refractivity contribution in [2.24, 2.45) is 4.99 Å². The molecule has 0 saturated heterocycles. The van der Waals surface area contributed by atoms with Crippen molar-refractivity contribution in [1.29, 1.82) is 0 Å². The van der Waals surface area contributed by atoms with Crippen LogP contribution in [0.3, 0.4) is 0 Å². The molecule has 2 aliphatic heterocycles. The third kappa shape index (κ3) is 6.25. The SMILES string of the molecule is Cc1ccc(-c2c3nc(c(-c4ccc(C)cc4)c4ccc([nH]4)c(-c4ccc(C)c(N=C=O)c4)c4nc(c(-c5ccc(C)cc5)c5ccc2[nH]5)C=C4)C=C3)cc1. The predicted octanol–water partition coefficient (Wildman–Crippen LogP) is 12.5. The van der Waals surface area contributed by atoms with E-state index < -0.39 is 0 Å². The van der Waals surface area contributed by atoms with Crippen LogP contribution in [0.2, 0.25) is 0 Å². The Labute approximate surface area is 319 Å². The molecule has 6 nitrogen and oxygen atoms in total. The average molecular weight is 712 g/mol. The monoisotopic (exact) mass is 711 g/mol. The fourth-order valence-corrected chi connectivity index (χ4v) is 7.52. The Morgan fingerprint density at radius 1 is 0.436 bits per heavy atom. The highest BCUT2D eigenvalue weighted by Crippen LogP contribution is 2.39. The molecule has 9 rings (SSSR count). The quantitative estimate of drug-likeness (QED) is 0.138. The molecule has 0 atom stereocenters. The first-order valence-electron chi connectivity index (χ1n) is 18.4. The third-order valence-electron chi connectivity index (χ3n) is 10.4. The topological polar surface area (TPSA) is 86.8 Å². The number of aromatic amines is 2. The summed E-state index contributed by atoms with van der Waals surface area (Å²) in [6.07, 6.45) is 10.1. The lowest BCUT2D eigenvalue weighted by Gasteiger charge is -2.08. The van der Waals surface area contributed by atoms with E-state index >= 15 is 0 Å². The predicted molar refractivity (Wildman–Crippen MR) is 227 cm³/mol. The van der Waals surface area contributed by atoms with E-state index in [1.54, 1.807) is 6.08 Å². The molecule has 2 N–H and O–H groups in total. The first-order valence-corrected chi connectivity index (χ1v) is 18.4. The zero-order valence-electron chi connectivity index (χ0n) is 31.0. The number of aryl methyl sites for hydroxylation is 4. The molecule has 0 fully saturated rings. The number of isocyanates is 1. The van der Waals surface area contributed by atoms with E-state index in [1.165, 1.54) is 16.7 Å². The maximum absolute atomic E-state index is 11.4. The summed E-state index contributed by atoms with van der Waals surface area (Å²) in [5, 5.41) is 0. The second-order valence-electron chi connectivity index (χ2n) is 14.3. The van der Waals surface area contributed by atoms with Crippen LogP contribution < -0.4 is 0 Å². The van der Waals surface area contributed by atoms with Crippen LogP contribution in [0, 0.1) is 27.7 Å². The highest BCUT2D eigenvalue weighted by Gasteiger charge is 2.19. The van der Waals surface area contributed by atoms with Crippen LogP contribution >= 0.6 is 0 Å². The van der Waals surface area contributed by atoms with Crippen LogP contribution in [0.25, 0.3) is 90.9 Å². The van der Waals surface area contributed by atoms with E-state index in [1.807, 2.05) is 19.1 Å². The molecular formula is C49H37N5O. The summed E-state index contributed by atoms with van der Waals surface area (Å²) in [6.45, 7) is 8.24. The lowest BCUT2D eigenvalue weighted by Crippen LogP contribution is -1.90. The Bertz CT molecular complexity index is 2890. The first kappa shape index (κ1) is 33.7. The molecule has 3 aromatic heterocycles. The maximum Gasteiger partial charge on any atom is 0.240 e. The average Bonchev–Trinajstić information content (AvgIpc) is 4.03. The fraction of sp³-hybridized carbons (Fsp3) is 0.0816. The molecule has 8 bridgehead atoms. The van der Waals surface area contributed by atoms with Crippen molar-refractivity contribution in [3.05, 3.63) is 160 Å². The number of nitrogens with zero attached hydrogens (tertiary/aromatic N) is 3. The van der Waals surface area contributed by atoms with Gasteiger partial charge in [0, 0.05) is 44.3 Å². The van der Waals surface area contributed by atoms with Crippen molar-refractivity contribution in [3.8, 4) is 44.5 Å². The second kappa shape index (κ2) is 13.7. The lowest BCUT2D eigenvalue weighted by molar-refractivity contribution is 0.565. The zero-order chi connectivity index (χ0) is 37.6. The van der Waals surface area contributed by atoms with E-state index in [0.29, 0.717) is 5.69 Å². The number of hydrogen-bond acceptors (Lipinski definition) is 4. The Morgan fingerprint density at radius 2 is 0.764 bits per heavy atom. The van der Waals surface area contributed by atoms with Gasteiger partial charge >= 0.3 is 0 Å². The summed E-state index contributed by atoms with van der Waals surface area (Å²) in [4.78, 5) is 33.9. The molecule has 0 unspecified atom stereocenters. The largest absolute Gasteiger partial charge is 0.354 e. The van der Waals surface area contributed by atoms with Gasteiger partial charge in [0.15, 0.2) is 0 Å². The number of nitrogens with one attached hydrogen (secondary N) is 2. The summed E-state index contributed by atoms with van der Waals surface area (Å²) in [7, 11) is 0. The van der Waals surface area contributed by atoms with Gasteiger partial charge in [0.2, 0.25) is 6.08 Å². The molecule has 264 valence electrons. The van der Waals surface area contributed by atoms with Gasteiger partial charge in [0.1, 0.15) is 0 Å². The number of rotatable bonds is 5. The number of carbonyl (C=O) groups excluding carboxylic acids is 1. The van der Waals surface area contributed by atoms with Gasteiger partial charge in [0.05, 0.1) is 28.5 Å². The highest BCUT2D eigenvalue weighted by molar-refractivity contribution is 6.00. The van der Waals surface area contributed by atoms with Crippen LogP contribution in [-0.4, -0.2) is 26.0 Å². The van der Waals surface area contributed by atoms with Crippen LogP contribution in [-0.2, 0) is 4.79 Å². The number of hydrogen-bond donors (Lipinski definition) is 2. The molecule has 4 aromatic carbocycles. The van der Waals surface area contributed by atoms with Crippen molar-refractivity contribution in [3.63, 3.8) is 0 Å². The molecule has 0 radical (unpaired) electrons. The van der Waals surface area contributed by atoms with Gasteiger partial charge in [0.25, 0.3) is 0 Å². The summed E-state index contributed by atoms with van der Waals surface area (Å²) in [5.74, 6) is 0. The molecule has 2 aliphatic rings. The van der Waals surface area contributed by atoms with Gasteiger partial charge in [-0.25, -0.2) is 14.8 Å². The smallest absolute Gasteiger partial charge is 0.240 e. The van der Waals surface area contributed by atoms with E-state index in [2.05, 4.69) is 163 Å². The van der Waals surface area contributed by atoms with Crippen LogP contribution in [0.15, 0.2) is 120 Å². The number of fused-ring (bicyclic) bond motifs is 8. The Hall–Kier alpha value is -7.14. The van der Waals surface area contributed by atoms with Gasteiger partial charge in [-0.1, -0.05) is 102 Å². The summed E-state index contributed by atoms with van der Waals surface area (Å²) in [5.41, 5.74) is 20.0. The molecule has 0 saturated carbocycles. The van der Waals surface area contributed by atoms with Crippen LogP contribution in [0.5, 0.6) is 0 Å². The summed E-state index contributed by atoms with van der Waals surface area (Å²) < 4.78 is 0. The number of H-pyrrole nitrogens is 2. The van der Waals surface area contributed by atoms with E-state index in [0.717, 1.165) is 94.9 Å². The normalized spacial score (nSPS) is 11.9. The molecule has 0 amide bonds. The minimum atomic E-state index is 0.567. The van der Waals surface area contributed by atoms with E-state index in [4.69, 9.17) is 9.97 Å². The maximum atomic E-state index is 11.4. The zero-order valence-corrected chi connectivity index (χ0v) is 31.0. The van der Waals surface area contributed by atoms with Gasteiger partial charge in [-0.05, 0) is 110 Å².